The Bertz CT molecular complexity index is 386. The fourth-order valence-electron chi connectivity index (χ4n) is 2.16. The Hall–Kier alpha value is -1.07. The van der Waals surface area contributed by atoms with Crippen molar-refractivity contribution in [3.8, 4) is 0 Å². The van der Waals surface area contributed by atoms with Gasteiger partial charge in [-0.15, -0.1) is 0 Å². The molecule has 0 bridgehead atoms. The zero-order chi connectivity index (χ0) is 13.0. The normalized spacial score (nSPS) is 20.1. The Morgan fingerprint density at radius 2 is 2.11 bits per heavy atom. The Labute approximate surface area is 104 Å². The van der Waals surface area contributed by atoms with E-state index >= 15 is 0 Å². The summed E-state index contributed by atoms with van der Waals surface area (Å²) < 4.78 is 42.1. The van der Waals surface area contributed by atoms with Gasteiger partial charge in [0.25, 0.3) is 6.43 Å². The zero-order valence-electron chi connectivity index (χ0n) is 9.99. The van der Waals surface area contributed by atoms with Crippen molar-refractivity contribution in [1.29, 1.82) is 0 Å². The number of nitrogens with zero attached hydrogens (tertiary/aromatic N) is 1. The standard InChI is InChI=1S/C13H16F3NO/c14-11-4-2-1-3-10(11)12-5-6-17(12)7-8-18-9-13(15)16/h1-4,12-13H,5-9H2/t12-/m1/s1. The van der Waals surface area contributed by atoms with Crippen LogP contribution < -0.4 is 0 Å². The van der Waals surface area contributed by atoms with Crippen molar-refractivity contribution < 1.29 is 17.9 Å². The van der Waals surface area contributed by atoms with Gasteiger partial charge in [0.1, 0.15) is 12.4 Å². The van der Waals surface area contributed by atoms with Crippen molar-refractivity contribution in [1.82, 2.24) is 4.90 Å². The summed E-state index contributed by atoms with van der Waals surface area (Å²) in [5, 5.41) is 0. The highest BCUT2D eigenvalue weighted by molar-refractivity contribution is 5.23. The van der Waals surface area contributed by atoms with Gasteiger partial charge in [0.2, 0.25) is 0 Å². The molecule has 0 aromatic heterocycles. The number of benzene rings is 1. The molecule has 0 saturated carbocycles. The van der Waals surface area contributed by atoms with Gasteiger partial charge in [0.05, 0.1) is 6.61 Å². The van der Waals surface area contributed by atoms with E-state index in [1.807, 2.05) is 11.0 Å². The maximum atomic E-state index is 13.6. The molecular formula is C13H16F3NO. The van der Waals surface area contributed by atoms with E-state index in [0.29, 0.717) is 12.1 Å². The van der Waals surface area contributed by atoms with Crippen molar-refractivity contribution in [2.75, 3.05) is 26.3 Å². The second-order valence-electron chi connectivity index (χ2n) is 4.33. The molecule has 1 saturated heterocycles. The molecule has 0 spiro atoms. The Kier molecular flexibility index (Phi) is 4.60. The first-order chi connectivity index (χ1) is 8.68. The number of alkyl halides is 2. The molecule has 100 valence electrons. The molecule has 18 heavy (non-hydrogen) atoms. The fraction of sp³-hybridized carbons (Fsp3) is 0.538. The maximum Gasteiger partial charge on any atom is 0.261 e. The van der Waals surface area contributed by atoms with Crippen molar-refractivity contribution in [3.63, 3.8) is 0 Å². The SMILES string of the molecule is Fc1ccccc1[C@H]1CCN1CCOCC(F)F. The van der Waals surface area contributed by atoms with E-state index in [4.69, 9.17) is 4.74 Å². The first kappa shape index (κ1) is 13.4. The molecule has 2 rings (SSSR count). The molecule has 1 fully saturated rings. The number of hydrogen-bond donors (Lipinski definition) is 0. The Morgan fingerprint density at radius 3 is 2.72 bits per heavy atom. The molecular weight excluding hydrogens is 243 g/mol. The summed E-state index contributed by atoms with van der Waals surface area (Å²) in [6.07, 6.45) is -1.53. The number of halogens is 3. The smallest absolute Gasteiger partial charge is 0.261 e. The quantitative estimate of drug-likeness (QED) is 0.728. The van der Waals surface area contributed by atoms with E-state index < -0.39 is 13.0 Å². The molecule has 1 aliphatic rings. The highest BCUT2D eigenvalue weighted by Gasteiger charge is 2.30. The van der Waals surface area contributed by atoms with Gasteiger partial charge in [0.15, 0.2) is 0 Å². The summed E-state index contributed by atoms with van der Waals surface area (Å²) in [6.45, 7) is 1.15. The predicted molar refractivity (Wildman–Crippen MR) is 62.2 cm³/mol. The summed E-state index contributed by atoms with van der Waals surface area (Å²) in [7, 11) is 0. The van der Waals surface area contributed by atoms with Gasteiger partial charge in [-0.2, -0.15) is 0 Å². The number of ether oxygens (including phenoxy) is 1. The van der Waals surface area contributed by atoms with Crippen LogP contribution in [-0.2, 0) is 4.74 Å². The van der Waals surface area contributed by atoms with Crippen LogP contribution in [0.4, 0.5) is 13.2 Å². The summed E-state index contributed by atoms with van der Waals surface area (Å²) in [6, 6.07) is 6.74. The van der Waals surface area contributed by atoms with Crippen LogP contribution in [0.25, 0.3) is 0 Å². The van der Waals surface area contributed by atoms with Crippen molar-refractivity contribution in [2.45, 2.75) is 18.9 Å². The largest absolute Gasteiger partial charge is 0.374 e. The lowest BCUT2D eigenvalue weighted by atomic mass is 9.94. The average molecular weight is 259 g/mol. The molecule has 0 unspecified atom stereocenters. The van der Waals surface area contributed by atoms with Gasteiger partial charge in [-0.1, -0.05) is 18.2 Å². The molecule has 1 aliphatic heterocycles. The molecule has 0 amide bonds. The van der Waals surface area contributed by atoms with Gasteiger partial charge >= 0.3 is 0 Å². The first-order valence-electron chi connectivity index (χ1n) is 6.03. The number of likely N-dealkylation sites (tertiary alicyclic amines) is 1. The third-order valence-electron chi connectivity index (χ3n) is 3.16. The first-order valence-corrected chi connectivity index (χ1v) is 6.03. The maximum absolute atomic E-state index is 13.6. The van der Waals surface area contributed by atoms with Crippen LogP contribution in [0.3, 0.4) is 0 Å². The van der Waals surface area contributed by atoms with Crippen molar-refractivity contribution in [2.24, 2.45) is 0 Å². The van der Waals surface area contributed by atoms with E-state index in [2.05, 4.69) is 0 Å². The van der Waals surface area contributed by atoms with E-state index in [0.717, 1.165) is 13.0 Å². The molecule has 1 aromatic carbocycles. The van der Waals surface area contributed by atoms with E-state index in [1.54, 1.807) is 12.1 Å². The Morgan fingerprint density at radius 1 is 1.33 bits per heavy atom. The third-order valence-corrected chi connectivity index (χ3v) is 3.16. The van der Waals surface area contributed by atoms with E-state index in [-0.39, 0.29) is 18.5 Å². The van der Waals surface area contributed by atoms with Gasteiger partial charge < -0.3 is 4.74 Å². The zero-order valence-corrected chi connectivity index (χ0v) is 9.99. The number of hydrogen-bond acceptors (Lipinski definition) is 2. The predicted octanol–water partition coefficient (Wildman–Crippen LogP) is 2.85. The lowest BCUT2D eigenvalue weighted by Gasteiger charge is -2.41. The lowest BCUT2D eigenvalue weighted by molar-refractivity contribution is -0.00811. The van der Waals surface area contributed by atoms with Crippen LogP contribution in [-0.4, -0.2) is 37.6 Å². The van der Waals surface area contributed by atoms with Gasteiger partial charge in [-0.3, -0.25) is 4.90 Å². The minimum absolute atomic E-state index is 0.0568. The van der Waals surface area contributed by atoms with Gasteiger partial charge in [-0.05, 0) is 12.5 Å². The van der Waals surface area contributed by atoms with Gasteiger partial charge in [0, 0.05) is 24.7 Å². The molecule has 5 heteroatoms. The molecule has 1 aromatic rings. The van der Waals surface area contributed by atoms with Crippen molar-refractivity contribution in [3.05, 3.63) is 35.6 Å². The molecule has 1 atom stereocenters. The average Bonchev–Trinajstić information content (AvgIpc) is 2.30. The topological polar surface area (TPSA) is 12.5 Å². The van der Waals surface area contributed by atoms with Crippen LogP contribution in [0.1, 0.15) is 18.0 Å². The highest BCUT2D eigenvalue weighted by Crippen LogP contribution is 2.33. The van der Waals surface area contributed by atoms with Crippen LogP contribution in [0.2, 0.25) is 0 Å². The molecule has 1 heterocycles. The number of rotatable bonds is 6. The second-order valence-corrected chi connectivity index (χ2v) is 4.33. The molecule has 0 N–H and O–H groups in total. The van der Waals surface area contributed by atoms with Crippen LogP contribution in [0.5, 0.6) is 0 Å². The fourth-order valence-corrected chi connectivity index (χ4v) is 2.16. The minimum atomic E-state index is -2.43. The Balaban J connectivity index is 1.80. The summed E-state index contributed by atoms with van der Waals surface area (Å²) in [5.41, 5.74) is 0.678. The van der Waals surface area contributed by atoms with Crippen LogP contribution in [0, 0.1) is 5.82 Å². The lowest BCUT2D eigenvalue weighted by Crippen LogP contribution is -2.43. The minimum Gasteiger partial charge on any atom is -0.374 e. The summed E-state index contributed by atoms with van der Waals surface area (Å²) >= 11 is 0. The second kappa shape index (κ2) is 6.20. The molecule has 0 radical (unpaired) electrons. The molecule has 2 nitrogen and oxygen atoms in total. The van der Waals surface area contributed by atoms with Crippen molar-refractivity contribution >= 4 is 0 Å². The highest BCUT2D eigenvalue weighted by atomic mass is 19.3. The summed E-state index contributed by atoms with van der Waals surface area (Å²) in [5.74, 6) is -0.208. The van der Waals surface area contributed by atoms with E-state index in [9.17, 15) is 13.2 Å². The van der Waals surface area contributed by atoms with Crippen LogP contribution in [0.15, 0.2) is 24.3 Å². The van der Waals surface area contributed by atoms with Gasteiger partial charge in [-0.25, -0.2) is 13.2 Å². The monoisotopic (exact) mass is 259 g/mol. The van der Waals surface area contributed by atoms with E-state index in [1.165, 1.54) is 6.07 Å². The summed E-state index contributed by atoms with van der Waals surface area (Å²) in [4.78, 5) is 2.05. The third kappa shape index (κ3) is 3.23. The van der Waals surface area contributed by atoms with Crippen LogP contribution >= 0.6 is 0 Å². The molecule has 0 aliphatic carbocycles.